The largest absolute Gasteiger partial charge is 0.486 e. The molecule has 0 aliphatic carbocycles. The molecule has 0 aliphatic heterocycles. The number of nitrogens with one attached hydrogen (secondary N) is 1. The van der Waals surface area contributed by atoms with Crippen LogP contribution in [0.5, 0.6) is 17.2 Å². The van der Waals surface area contributed by atoms with Gasteiger partial charge in [-0.05, 0) is 80.2 Å². The molecule has 8 heteroatoms. The molecule has 4 aromatic carbocycles. The van der Waals surface area contributed by atoms with Gasteiger partial charge in [0.25, 0.3) is 0 Å². The molecule has 2 N–H and O–H groups in total. The molecule has 4 aromatic rings. The van der Waals surface area contributed by atoms with E-state index >= 15 is 0 Å². The minimum atomic E-state index is -4.33. The predicted octanol–water partition coefficient (Wildman–Crippen LogP) is 8.10. The average Bonchev–Trinajstić information content (AvgIpc) is 2.96. The molecule has 4 rings (SSSR count). The van der Waals surface area contributed by atoms with Crippen LogP contribution in [0.1, 0.15) is 42.1 Å². The number of alkyl halides is 3. The number of aliphatic carboxylic acids is 1. The molecule has 5 nitrogen and oxygen atoms in total. The highest BCUT2D eigenvalue weighted by Crippen LogP contribution is 2.32. The molecule has 2 unspecified atom stereocenters. The third-order valence-electron chi connectivity index (χ3n) is 6.00. The molecule has 0 spiro atoms. The highest BCUT2D eigenvalue weighted by molar-refractivity contribution is 5.75. The Labute approximate surface area is 232 Å². The third-order valence-corrected chi connectivity index (χ3v) is 6.00. The Morgan fingerprint density at radius 1 is 0.800 bits per heavy atom. The zero-order valence-corrected chi connectivity index (χ0v) is 22.3. The van der Waals surface area contributed by atoms with E-state index in [2.05, 4.69) is 5.32 Å². The molecule has 0 heterocycles. The van der Waals surface area contributed by atoms with Crippen LogP contribution in [-0.4, -0.2) is 24.7 Å². The number of carbonyl (C=O) groups is 1. The van der Waals surface area contributed by atoms with Gasteiger partial charge in [0.1, 0.15) is 23.4 Å². The van der Waals surface area contributed by atoms with Crippen LogP contribution in [0, 0.1) is 0 Å². The summed E-state index contributed by atoms with van der Waals surface area (Å²) in [6.07, 6.45) is -3.81. The standard InChI is InChI=1S/C17H18F3NO.C15H14O3/c1-21-12-11-16(13-5-3-2-4-6-13)22-15-9-7-14(8-10-15)17(18,19)20;1-11(15(16)17)12-6-5-9-14(10-12)18-13-7-3-2-4-8-13/h2-10,16,21H,11-12H2,1H3;2-11H,1H3,(H,16,17). The monoisotopic (exact) mass is 551 g/mol. The van der Waals surface area contributed by atoms with E-state index in [0.717, 1.165) is 42.0 Å². The van der Waals surface area contributed by atoms with Gasteiger partial charge in [0.15, 0.2) is 0 Å². The maximum atomic E-state index is 12.6. The summed E-state index contributed by atoms with van der Waals surface area (Å²) in [5.74, 6) is 0.429. The van der Waals surface area contributed by atoms with Crippen molar-refractivity contribution >= 4 is 5.97 Å². The number of benzene rings is 4. The lowest BCUT2D eigenvalue weighted by molar-refractivity contribution is -0.138. The van der Waals surface area contributed by atoms with Crippen molar-refractivity contribution < 1.29 is 32.5 Å². The van der Waals surface area contributed by atoms with Crippen LogP contribution in [0.25, 0.3) is 0 Å². The van der Waals surface area contributed by atoms with Crippen LogP contribution in [0.4, 0.5) is 13.2 Å². The average molecular weight is 552 g/mol. The molecule has 0 aliphatic rings. The molecule has 0 aromatic heterocycles. The summed E-state index contributed by atoms with van der Waals surface area (Å²) in [5.41, 5.74) is 1.06. The van der Waals surface area contributed by atoms with Gasteiger partial charge in [0.2, 0.25) is 0 Å². The number of hydrogen-bond acceptors (Lipinski definition) is 4. The van der Waals surface area contributed by atoms with Gasteiger partial charge < -0.3 is 19.9 Å². The van der Waals surface area contributed by atoms with E-state index in [1.54, 1.807) is 25.1 Å². The topological polar surface area (TPSA) is 67.8 Å². The van der Waals surface area contributed by atoms with E-state index in [9.17, 15) is 18.0 Å². The van der Waals surface area contributed by atoms with Gasteiger partial charge in [0.05, 0.1) is 11.5 Å². The van der Waals surface area contributed by atoms with Gasteiger partial charge in [-0.1, -0.05) is 60.7 Å². The minimum Gasteiger partial charge on any atom is -0.486 e. The number of carboxylic acids is 1. The fourth-order valence-electron chi connectivity index (χ4n) is 3.74. The van der Waals surface area contributed by atoms with Crippen LogP contribution in [0.3, 0.4) is 0 Å². The van der Waals surface area contributed by atoms with E-state index in [4.69, 9.17) is 14.6 Å². The maximum Gasteiger partial charge on any atom is 0.416 e. The van der Waals surface area contributed by atoms with E-state index < -0.39 is 23.6 Å². The first kappa shape index (κ1) is 30.2. The predicted molar refractivity (Wildman–Crippen MR) is 149 cm³/mol. The van der Waals surface area contributed by atoms with Crippen LogP contribution in [-0.2, 0) is 11.0 Å². The van der Waals surface area contributed by atoms with E-state index in [-0.39, 0.29) is 6.10 Å². The Morgan fingerprint density at radius 3 is 1.95 bits per heavy atom. The van der Waals surface area contributed by atoms with Crippen molar-refractivity contribution in [1.82, 2.24) is 5.32 Å². The molecule has 210 valence electrons. The van der Waals surface area contributed by atoms with Crippen LogP contribution in [0.15, 0.2) is 109 Å². The molecule has 0 saturated carbocycles. The molecule has 2 atom stereocenters. The summed E-state index contributed by atoms with van der Waals surface area (Å²) in [6, 6.07) is 31.0. The van der Waals surface area contributed by atoms with Crippen molar-refractivity contribution in [2.45, 2.75) is 31.5 Å². The molecule has 0 radical (unpaired) electrons. The van der Waals surface area contributed by atoms with Gasteiger partial charge in [-0.3, -0.25) is 4.79 Å². The van der Waals surface area contributed by atoms with Gasteiger partial charge in [-0.25, -0.2) is 0 Å². The van der Waals surface area contributed by atoms with Gasteiger partial charge >= 0.3 is 12.1 Å². The summed E-state index contributed by atoms with van der Waals surface area (Å²) < 4.78 is 49.2. The van der Waals surface area contributed by atoms with Crippen LogP contribution >= 0.6 is 0 Å². The Balaban J connectivity index is 0.000000225. The van der Waals surface area contributed by atoms with Gasteiger partial charge in [0, 0.05) is 6.42 Å². The fraction of sp³-hybridized carbons (Fsp3) is 0.219. The molecular weight excluding hydrogens is 519 g/mol. The molecule has 40 heavy (non-hydrogen) atoms. The first-order valence-electron chi connectivity index (χ1n) is 12.8. The summed E-state index contributed by atoms with van der Waals surface area (Å²) in [6.45, 7) is 2.41. The molecule has 0 fully saturated rings. The van der Waals surface area contributed by atoms with Crippen molar-refractivity contribution in [2.24, 2.45) is 0 Å². The number of carboxylic acid groups (broad SMARTS) is 1. The first-order valence-corrected chi connectivity index (χ1v) is 12.8. The molecular formula is C32H32F3NO4. The highest BCUT2D eigenvalue weighted by Gasteiger charge is 2.30. The Morgan fingerprint density at radius 2 is 1.38 bits per heavy atom. The van der Waals surface area contributed by atoms with Gasteiger partial charge in [-0.15, -0.1) is 0 Å². The summed E-state index contributed by atoms with van der Waals surface area (Å²) in [7, 11) is 1.85. The lowest BCUT2D eigenvalue weighted by Crippen LogP contribution is -2.16. The number of para-hydroxylation sites is 1. The normalized spacial score (nSPS) is 12.4. The quantitative estimate of drug-likeness (QED) is 0.208. The van der Waals surface area contributed by atoms with Crippen molar-refractivity contribution in [3.8, 4) is 17.2 Å². The minimum absolute atomic E-state index is 0.203. The summed E-state index contributed by atoms with van der Waals surface area (Å²) in [4.78, 5) is 10.9. The SMILES string of the molecule is CC(C(=O)O)c1cccc(Oc2ccccc2)c1.CNCCC(Oc1ccc(C(F)(F)F)cc1)c1ccccc1. The lowest BCUT2D eigenvalue weighted by Gasteiger charge is -2.20. The maximum absolute atomic E-state index is 12.6. The van der Waals surface area contributed by atoms with Crippen molar-refractivity contribution in [3.05, 3.63) is 126 Å². The van der Waals surface area contributed by atoms with Crippen LogP contribution in [0.2, 0.25) is 0 Å². The number of ether oxygens (including phenoxy) is 2. The zero-order valence-electron chi connectivity index (χ0n) is 22.3. The molecule has 0 bridgehead atoms. The van der Waals surface area contributed by atoms with E-state index in [0.29, 0.717) is 11.5 Å². The summed E-state index contributed by atoms with van der Waals surface area (Å²) >= 11 is 0. The van der Waals surface area contributed by atoms with Crippen LogP contribution < -0.4 is 14.8 Å². The Bertz CT molecular complexity index is 1310. The van der Waals surface area contributed by atoms with E-state index in [1.165, 1.54) is 12.1 Å². The second kappa shape index (κ2) is 14.7. The highest BCUT2D eigenvalue weighted by atomic mass is 19.4. The summed E-state index contributed by atoms with van der Waals surface area (Å²) in [5, 5.41) is 12.0. The second-order valence-electron chi connectivity index (χ2n) is 8.98. The fourth-order valence-corrected chi connectivity index (χ4v) is 3.74. The van der Waals surface area contributed by atoms with Gasteiger partial charge in [-0.2, -0.15) is 13.2 Å². The number of hydrogen-bond donors (Lipinski definition) is 2. The van der Waals surface area contributed by atoms with Crippen molar-refractivity contribution in [1.29, 1.82) is 0 Å². The second-order valence-corrected chi connectivity index (χ2v) is 8.98. The Hall–Kier alpha value is -4.30. The Kier molecular flexibility index (Phi) is 11.1. The smallest absolute Gasteiger partial charge is 0.416 e. The number of rotatable bonds is 10. The van der Waals surface area contributed by atoms with Crippen molar-refractivity contribution in [3.63, 3.8) is 0 Å². The molecule has 0 saturated heterocycles. The first-order chi connectivity index (χ1) is 19.2. The lowest BCUT2D eigenvalue weighted by atomic mass is 10.0. The zero-order chi connectivity index (χ0) is 29.0. The number of halogens is 3. The van der Waals surface area contributed by atoms with E-state index in [1.807, 2.05) is 73.8 Å². The molecule has 0 amide bonds. The van der Waals surface area contributed by atoms with Crippen molar-refractivity contribution in [2.75, 3.05) is 13.6 Å². The third kappa shape index (κ3) is 9.47.